The maximum Gasteiger partial charge on any atom is 0.120 e. The van der Waals surface area contributed by atoms with Gasteiger partial charge in [0.2, 0.25) is 0 Å². The van der Waals surface area contributed by atoms with Gasteiger partial charge in [0.05, 0.1) is 0 Å². The largest absolute Gasteiger partial charge is 0.508 e. The maximum atomic E-state index is 9.61. The van der Waals surface area contributed by atoms with E-state index in [0.29, 0.717) is 12.3 Å². The summed E-state index contributed by atoms with van der Waals surface area (Å²) < 4.78 is 0. The van der Waals surface area contributed by atoms with Crippen LogP contribution < -0.4 is 5.32 Å². The highest BCUT2D eigenvalue weighted by molar-refractivity contribution is 5.31. The number of nitrogens with one attached hydrogen (secondary N) is 1. The molecular formula is C15H17NO. The number of aryl methyl sites for hydroxylation is 1. The van der Waals surface area contributed by atoms with E-state index in [4.69, 9.17) is 0 Å². The van der Waals surface area contributed by atoms with E-state index in [2.05, 4.69) is 36.5 Å². The van der Waals surface area contributed by atoms with Crippen molar-refractivity contribution in [3.05, 3.63) is 65.2 Å². The number of para-hydroxylation sites is 1. The van der Waals surface area contributed by atoms with Crippen LogP contribution in [0.1, 0.15) is 16.7 Å². The van der Waals surface area contributed by atoms with Gasteiger partial charge in [0, 0.05) is 18.7 Å². The molecule has 0 aliphatic rings. The average Bonchev–Trinajstić information content (AvgIpc) is 2.32. The van der Waals surface area contributed by atoms with Gasteiger partial charge in [0.1, 0.15) is 5.75 Å². The summed E-state index contributed by atoms with van der Waals surface area (Å²) in [7, 11) is 0. The van der Waals surface area contributed by atoms with Gasteiger partial charge in [-0.2, -0.15) is 0 Å². The van der Waals surface area contributed by atoms with Gasteiger partial charge >= 0.3 is 0 Å². The van der Waals surface area contributed by atoms with Gasteiger partial charge < -0.3 is 10.4 Å². The van der Waals surface area contributed by atoms with E-state index < -0.39 is 0 Å². The summed E-state index contributed by atoms with van der Waals surface area (Å²) in [5, 5.41) is 12.9. The van der Waals surface area contributed by atoms with E-state index in [1.807, 2.05) is 18.2 Å². The van der Waals surface area contributed by atoms with Crippen LogP contribution in [0.15, 0.2) is 48.5 Å². The number of phenolic OH excluding ortho intramolecular Hbond substituents is 1. The fourth-order valence-corrected chi connectivity index (χ4v) is 1.82. The first-order chi connectivity index (χ1) is 8.25. The zero-order valence-electron chi connectivity index (χ0n) is 9.98. The van der Waals surface area contributed by atoms with Crippen molar-refractivity contribution >= 4 is 0 Å². The highest BCUT2D eigenvalue weighted by atomic mass is 16.3. The molecule has 0 spiro atoms. The summed E-state index contributed by atoms with van der Waals surface area (Å²) in [6, 6.07) is 15.8. The van der Waals surface area contributed by atoms with Gasteiger partial charge in [-0.3, -0.25) is 0 Å². The van der Waals surface area contributed by atoms with Crippen LogP contribution in [0, 0.1) is 6.92 Å². The molecule has 0 heterocycles. The molecule has 2 nitrogen and oxygen atoms in total. The Morgan fingerprint density at radius 3 is 2.59 bits per heavy atom. The van der Waals surface area contributed by atoms with Gasteiger partial charge in [-0.1, -0.05) is 48.0 Å². The standard InChI is InChI=1S/C15H17NO/c1-12-5-4-6-13(9-12)10-16-11-14-7-2-3-8-15(14)17/h2-9,16-17H,10-11H2,1H3. The lowest BCUT2D eigenvalue weighted by Crippen LogP contribution is -2.12. The van der Waals surface area contributed by atoms with Crippen LogP contribution in [0.5, 0.6) is 5.75 Å². The summed E-state index contributed by atoms with van der Waals surface area (Å²) in [5.41, 5.74) is 3.47. The zero-order chi connectivity index (χ0) is 12.1. The SMILES string of the molecule is Cc1cccc(CNCc2ccccc2O)c1. The van der Waals surface area contributed by atoms with E-state index in [1.165, 1.54) is 11.1 Å². The first-order valence-corrected chi connectivity index (χ1v) is 5.79. The molecule has 2 N–H and O–H groups in total. The summed E-state index contributed by atoms with van der Waals surface area (Å²) in [6.45, 7) is 3.59. The third kappa shape index (κ3) is 3.33. The van der Waals surface area contributed by atoms with E-state index in [0.717, 1.165) is 12.1 Å². The van der Waals surface area contributed by atoms with Gasteiger partial charge in [0.25, 0.3) is 0 Å². The highest BCUT2D eigenvalue weighted by Gasteiger charge is 1.99. The zero-order valence-corrected chi connectivity index (χ0v) is 9.98. The molecule has 2 rings (SSSR count). The van der Waals surface area contributed by atoms with Crippen LogP contribution in [-0.4, -0.2) is 5.11 Å². The number of rotatable bonds is 4. The van der Waals surface area contributed by atoms with Crippen molar-refractivity contribution < 1.29 is 5.11 Å². The average molecular weight is 227 g/mol. The Bertz CT molecular complexity index is 494. The molecular weight excluding hydrogens is 210 g/mol. The molecule has 2 heteroatoms. The molecule has 17 heavy (non-hydrogen) atoms. The lowest BCUT2D eigenvalue weighted by molar-refractivity contribution is 0.464. The first-order valence-electron chi connectivity index (χ1n) is 5.79. The fourth-order valence-electron chi connectivity index (χ4n) is 1.82. The van der Waals surface area contributed by atoms with Crippen molar-refractivity contribution in [3.63, 3.8) is 0 Å². The molecule has 0 unspecified atom stereocenters. The predicted molar refractivity (Wildman–Crippen MR) is 69.8 cm³/mol. The predicted octanol–water partition coefficient (Wildman–Crippen LogP) is 2.99. The Labute approximate surface area is 102 Å². The van der Waals surface area contributed by atoms with E-state index >= 15 is 0 Å². The molecule has 2 aromatic rings. The molecule has 88 valence electrons. The topological polar surface area (TPSA) is 32.3 Å². The van der Waals surface area contributed by atoms with Gasteiger partial charge in [-0.25, -0.2) is 0 Å². The smallest absolute Gasteiger partial charge is 0.120 e. The van der Waals surface area contributed by atoms with Crippen molar-refractivity contribution in [1.29, 1.82) is 0 Å². The molecule has 0 aliphatic carbocycles. The molecule has 0 atom stereocenters. The lowest BCUT2D eigenvalue weighted by Gasteiger charge is -2.07. The molecule has 0 aliphatic heterocycles. The normalized spacial score (nSPS) is 10.4. The van der Waals surface area contributed by atoms with Crippen LogP contribution in [0.2, 0.25) is 0 Å². The molecule has 2 aromatic carbocycles. The summed E-state index contributed by atoms with van der Waals surface area (Å²) in [6.07, 6.45) is 0. The van der Waals surface area contributed by atoms with Crippen LogP contribution in [0.4, 0.5) is 0 Å². The van der Waals surface area contributed by atoms with Crippen LogP contribution in [0.3, 0.4) is 0 Å². The molecule has 0 amide bonds. The van der Waals surface area contributed by atoms with Crippen molar-refractivity contribution in [2.75, 3.05) is 0 Å². The first kappa shape index (κ1) is 11.7. The second-order valence-electron chi connectivity index (χ2n) is 4.22. The fraction of sp³-hybridized carbons (Fsp3) is 0.200. The van der Waals surface area contributed by atoms with E-state index in [1.54, 1.807) is 6.07 Å². The molecule has 0 aromatic heterocycles. The third-order valence-corrected chi connectivity index (χ3v) is 2.72. The molecule has 0 saturated heterocycles. The minimum Gasteiger partial charge on any atom is -0.508 e. The van der Waals surface area contributed by atoms with Crippen molar-refractivity contribution in [2.24, 2.45) is 0 Å². The Morgan fingerprint density at radius 1 is 1.00 bits per heavy atom. The second kappa shape index (κ2) is 5.51. The van der Waals surface area contributed by atoms with Crippen LogP contribution >= 0.6 is 0 Å². The van der Waals surface area contributed by atoms with Gasteiger partial charge in [-0.05, 0) is 18.6 Å². The highest BCUT2D eigenvalue weighted by Crippen LogP contribution is 2.15. The molecule has 0 radical (unpaired) electrons. The number of hydrogen-bond acceptors (Lipinski definition) is 2. The van der Waals surface area contributed by atoms with Crippen molar-refractivity contribution in [3.8, 4) is 5.75 Å². The Morgan fingerprint density at radius 2 is 1.82 bits per heavy atom. The minimum atomic E-state index is 0.351. The number of benzene rings is 2. The summed E-state index contributed by atoms with van der Waals surface area (Å²) >= 11 is 0. The van der Waals surface area contributed by atoms with Crippen molar-refractivity contribution in [1.82, 2.24) is 5.32 Å². The Balaban J connectivity index is 1.90. The monoisotopic (exact) mass is 227 g/mol. The van der Waals surface area contributed by atoms with Gasteiger partial charge in [-0.15, -0.1) is 0 Å². The Hall–Kier alpha value is -1.80. The molecule has 0 bridgehead atoms. The van der Waals surface area contributed by atoms with Crippen LogP contribution in [-0.2, 0) is 13.1 Å². The van der Waals surface area contributed by atoms with E-state index in [9.17, 15) is 5.11 Å². The second-order valence-corrected chi connectivity index (χ2v) is 4.22. The number of aromatic hydroxyl groups is 1. The third-order valence-electron chi connectivity index (χ3n) is 2.72. The van der Waals surface area contributed by atoms with Gasteiger partial charge in [0.15, 0.2) is 0 Å². The molecule has 0 saturated carbocycles. The quantitative estimate of drug-likeness (QED) is 0.841. The number of hydrogen-bond donors (Lipinski definition) is 2. The minimum absolute atomic E-state index is 0.351. The maximum absolute atomic E-state index is 9.61. The lowest BCUT2D eigenvalue weighted by atomic mass is 10.1. The summed E-state index contributed by atoms with van der Waals surface area (Å²) in [4.78, 5) is 0. The van der Waals surface area contributed by atoms with Crippen molar-refractivity contribution in [2.45, 2.75) is 20.0 Å². The van der Waals surface area contributed by atoms with E-state index in [-0.39, 0.29) is 0 Å². The van der Waals surface area contributed by atoms with Crippen LogP contribution in [0.25, 0.3) is 0 Å². The molecule has 0 fully saturated rings. The Kier molecular flexibility index (Phi) is 3.78. The number of phenols is 1. The summed E-state index contributed by atoms with van der Waals surface area (Å²) in [5.74, 6) is 0.351.